The van der Waals surface area contributed by atoms with Gasteiger partial charge in [-0.15, -0.1) is 5.10 Å². The maximum atomic E-state index is 9.21. The Hall–Kier alpha value is -2.39. The third-order valence-corrected chi connectivity index (χ3v) is 3.44. The Labute approximate surface area is 122 Å². The summed E-state index contributed by atoms with van der Waals surface area (Å²) in [5, 5.41) is 17.3. The summed E-state index contributed by atoms with van der Waals surface area (Å²) in [6.07, 6.45) is 1.77. The Kier molecular flexibility index (Phi) is 3.84. The van der Waals surface area contributed by atoms with E-state index in [0.717, 1.165) is 30.0 Å². The van der Waals surface area contributed by atoms with Gasteiger partial charge in [-0.2, -0.15) is 5.26 Å². The van der Waals surface area contributed by atoms with Crippen LogP contribution in [-0.4, -0.2) is 28.2 Å². The lowest BCUT2D eigenvalue weighted by Crippen LogP contribution is -2.08. The van der Waals surface area contributed by atoms with Crippen LogP contribution in [0.1, 0.15) is 37.3 Å². The number of ether oxygens (including phenoxy) is 2. The minimum atomic E-state index is -0.110. The molecule has 21 heavy (non-hydrogen) atoms. The molecule has 2 heterocycles. The Balaban J connectivity index is 1.98. The SMILES string of the molecule is CCOc1ccc(-n2nnc(C#N)c2C2CCCO2)cc1. The highest BCUT2D eigenvalue weighted by Crippen LogP contribution is 2.31. The van der Waals surface area contributed by atoms with Gasteiger partial charge in [0.25, 0.3) is 0 Å². The number of hydrogen-bond acceptors (Lipinski definition) is 5. The third-order valence-electron chi connectivity index (χ3n) is 3.44. The van der Waals surface area contributed by atoms with E-state index in [1.807, 2.05) is 31.2 Å². The molecule has 1 unspecified atom stereocenters. The molecule has 0 N–H and O–H groups in total. The molecule has 2 aromatic rings. The molecule has 1 atom stereocenters. The van der Waals surface area contributed by atoms with Gasteiger partial charge in [0.05, 0.1) is 12.3 Å². The van der Waals surface area contributed by atoms with E-state index in [4.69, 9.17) is 9.47 Å². The quantitative estimate of drug-likeness (QED) is 0.862. The fourth-order valence-corrected chi connectivity index (χ4v) is 2.49. The van der Waals surface area contributed by atoms with E-state index < -0.39 is 0 Å². The van der Waals surface area contributed by atoms with Crippen LogP contribution in [0.5, 0.6) is 5.75 Å². The van der Waals surface area contributed by atoms with Gasteiger partial charge in [-0.05, 0) is 44.0 Å². The smallest absolute Gasteiger partial charge is 0.189 e. The van der Waals surface area contributed by atoms with Gasteiger partial charge in [-0.3, -0.25) is 0 Å². The summed E-state index contributed by atoms with van der Waals surface area (Å²) < 4.78 is 12.8. The summed E-state index contributed by atoms with van der Waals surface area (Å²) in [7, 11) is 0. The van der Waals surface area contributed by atoms with E-state index in [1.54, 1.807) is 4.68 Å². The molecule has 3 rings (SSSR count). The third kappa shape index (κ3) is 2.60. The molecule has 1 aliphatic rings. The van der Waals surface area contributed by atoms with Gasteiger partial charge in [0.2, 0.25) is 0 Å². The van der Waals surface area contributed by atoms with Gasteiger partial charge in [-0.25, -0.2) is 4.68 Å². The molecule has 1 aromatic heterocycles. The van der Waals surface area contributed by atoms with Crippen LogP contribution in [0.15, 0.2) is 24.3 Å². The Morgan fingerprint density at radius 2 is 2.24 bits per heavy atom. The molecule has 1 fully saturated rings. The first-order valence-electron chi connectivity index (χ1n) is 7.04. The normalized spacial score (nSPS) is 17.6. The Morgan fingerprint density at radius 3 is 2.86 bits per heavy atom. The highest BCUT2D eigenvalue weighted by molar-refractivity contribution is 5.40. The van der Waals surface area contributed by atoms with Crippen molar-refractivity contribution in [1.82, 2.24) is 15.0 Å². The van der Waals surface area contributed by atoms with Gasteiger partial charge in [-0.1, -0.05) is 5.21 Å². The van der Waals surface area contributed by atoms with Crippen molar-refractivity contribution in [2.45, 2.75) is 25.9 Å². The topological polar surface area (TPSA) is 73.0 Å². The van der Waals surface area contributed by atoms with Crippen molar-refractivity contribution in [3.63, 3.8) is 0 Å². The van der Waals surface area contributed by atoms with E-state index in [-0.39, 0.29) is 6.10 Å². The highest BCUT2D eigenvalue weighted by Gasteiger charge is 2.27. The molecule has 1 saturated heterocycles. The van der Waals surface area contributed by atoms with Gasteiger partial charge in [0.1, 0.15) is 23.6 Å². The van der Waals surface area contributed by atoms with E-state index in [0.29, 0.717) is 18.9 Å². The van der Waals surface area contributed by atoms with Crippen molar-refractivity contribution in [2.75, 3.05) is 13.2 Å². The molecule has 1 aliphatic heterocycles. The largest absolute Gasteiger partial charge is 0.494 e. The van der Waals surface area contributed by atoms with Crippen molar-refractivity contribution in [3.8, 4) is 17.5 Å². The fourth-order valence-electron chi connectivity index (χ4n) is 2.49. The Morgan fingerprint density at radius 1 is 1.43 bits per heavy atom. The lowest BCUT2D eigenvalue weighted by Gasteiger charge is -2.12. The molecule has 0 bridgehead atoms. The summed E-state index contributed by atoms with van der Waals surface area (Å²) in [5.74, 6) is 0.806. The molecule has 1 aromatic carbocycles. The van der Waals surface area contributed by atoms with E-state index >= 15 is 0 Å². The molecule has 0 saturated carbocycles. The van der Waals surface area contributed by atoms with Crippen LogP contribution in [0.25, 0.3) is 5.69 Å². The van der Waals surface area contributed by atoms with E-state index in [2.05, 4.69) is 16.4 Å². The highest BCUT2D eigenvalue weighted by atomic mass is 16.5. The van der Waals surface area contributed by atoms with Crippen LogP contribution < -0.4 is 4.74 Å². The van der Waals surface area contributed by atoms with Gasteiger partial charge < -0.3 is 9.47 Å². The van der Waals surface area contributed by atoms with Crippen LogP contribution in [0.4, 0.5) is 0 Å². The average Bonchev–Trinajstić information content (AvgIpc) is 3.17. The summed E-state index contributed by atoms with van der Waals surface area (Å²) in [6.45, 7) is 3.28. The molecule has 6 nitrogen and oxygen atoms in total. The van der Waals surface area contributed by atoms with E-state index in [9.17, 15) is 5.26 Å². The van der Waals surface area contributed by atoms with E-state index in [1.165, 1.54) is 0 Å². The predicted molar refractivity (Wildman–Crippen MR) is 75.2 cm³/mol. The van der Waals surface area contributed by atoms with Crippen molar-refractivity contribution in [2.24, 2.45) is 0 Å². The monoisotopic (exact) mass is 284 g/mol. The first kappa shape index (κ1) is 13.6. The van der Waals surface area contributed by atoms with Crippen LogP contribution in [-0.2, 0) is 4.74 Å². The Bertz CT molecular complexity index is 651. The molecule has 0 spiro atoms. The summed E-state index contributed by atoms with van der Waals surface area (Å²) >= 11 is 0. The molecule has 0 radical (unpaired) electrons. The minimum absolute atomic E-state index is 0.110. The minimum Gasteiger partial charge on any atom is -0.494 e. The van der Waals surface area contributed by atoms with Gasteiger partial charge >= 0.3 is 0 Å². The zero-order chi connectivity index (χ0) is 14.7. The zero-order valence-electron chi connectivity index (χ0n) is 11.8. The lowest BCUT2D eigenvalue weighted by atomic mass is 10.1. The maximum Gasteiger partial charge on any atom is 0.189 e. The molecular formula is C15H16N4O2. The van der Waals surface area contributed by atoms with Crippen molar-refractivity contribution in [1.29, 1.82) is 5.26 Å². The van der Waals surface area contributed by atoms with Gasteiger partial charge in [0, 0.05) is 6.61 Å². The number of aromatic nitrogens is 3. The molecule has 0 amide bonds. The fraction of sp³-hybridized carbons (Fsp3) is 0.400. The molecule has 0 aliphatic carbocycles. The number of nitrogens with zero attached hydrogens (tertiary/aromatic N) is 4. The average molecular weight is 284 g/mol. The van der Waals surface area contributed by atoms with Crippen LogP contribution in [0, 0.1) is 11.3 Å². The number of rotatable bonds is 4. The molecule has 6 heteroatoms. The van der Waals surface area contributed by atoms with Crippen LogP contribution >= 0.6 is 0 Å². The zero-order valence-corrected chi connectivity index (χ0v) is 11.8. The molecule has 108 valence electrons. The predicted octanol–water partition coefficient (Wildman–Crippen LogP) is 2.39. The standard InChI is InChI=1S/C15H16N4O2/c1-2-20-12-7-5-11(6-8-12)19-15(13(10-16)17-18-19)14-4-3-9-21-14/h5-8,14H,2-4,9H2,1H3. The van der Waals surface area contributed by atoms with Crippen molar-refractivity contribution >= 4 is 0 Å². The van der Waals surface area contributed by atoms with Crippen LogP contribution in [0.3, 0.4) is 0 Å². The first-order chi connectivity index (χ1) is 10.3. The second kappa shape index (κ2) is 5.94. The second-order valence-corrected chi connectivity index (χ2v) is 4.78. The number of hydrogen-bond donors (Lipinski definition) is 0. The molecular weight excluding hydrogens is 268 g/mol. The maximum absolute atomic E-state index is 9.21. The summed E-state index contributed by atoms with van der Waals surface area (Å²) in [5.41, 5.74) is 1.91. The van der Waals surface area contributed by atoms with Gasteiger partial charge in [0.15, 0.2) is 5.69 Å². The van der Waals surface area contributed by atoms with Crippen molar-refractivity contribution < 1.29 is 9.47 Å². The summed E-state index contributed by atoms with van der Waals surface area (Å²) in [6, 6.07) is 9.66. The van der Waals surface area contributed by atoms with Crippen molar-refractivity contribution in [3.05, 3.63) is 35.7 Å². The number of benzene rings is 1. The lowest BCUT2D eigenvalue weighted by molar-refractivity contribution is 0.106. The van der Waals surface area contributed by atoms with Crippen LogP contribution in [0.2, 0.25) is 0 Å². The number of nitriles is 1. The second-order valence-electron chi connectivity index (χ2n) is 4.78. The summed E-state index contributed by atoms with van der Waals surface area (Å²) in [4.78, 5) is 0. The first-order valence-corrected chi connectivity index (χ1v) is 7.04.